The molecule has 4 rings (SSSR count). The largest absolute Gasteiger partial charge is 0.496 e. The Balaban J connectivity index is 1.66. The number of nitriles is 1. The van der Waals surface area contributed by atoms with Crippen LogP contribution in [0.1, 0.15) is 66.8 Å². The van der Waals surface area contributed by atoms with Gasteiger partial charge in [0.25, 0.3) is 0 Å². The van der Waals surface area contributed by atoms with Crippen molar-refractivity contribution in [2.24, 2.45) is 11.8 Å². The summed E-state index contributed by atoms with van der Waals surface area (Å²) in [6.45, 7) is 6.16. The molecule has 0 amide bonds. The number of rotatable bonds is 9. The van der Waals surface area contributed by atoms with Crippen molar-refractivity contribution >= 4 is 15.8 Å². The number of hydrogen-bond donors (Lipinski definition) is 1. The number of para-hydroxylation sites is 1. The van der Waals surface area contributed by atoms with Crippen LogP contribution in [0.5, 0.6) is 11.5 Å². The highest BCUT2D eigenvalue weighted by atomic mass is 32.2. The molecule has 0 saturated carbocycles. The van der Waals surface area contributed by atoms with Gasteiger partial charge in [-0.3, -0.25) is 4.79 Å². The highest BCUT2D eigenvalue weighted by Crippen LogP contribution is 2.38. The molecule has 1 N–H and O–H groups in total. The SMILES string of the molecule is CCC1CC(C(C)Cc2cc(C(CC(=O)O)c3ccc(C#N)cc3OC)ccc2C)CS(=O)(=O)c2ccccc2O1. The number of aliphatic carboxylic acids is 1. The van der Waals surface area contributed by atoms with Crippen LogP contribution in [-0.2, 0) is 21.1 Å². The third kappa shape index (κ3) is 6.91. The molecule has 0 saturated heterocycles. The molecule has 7 nitrogen and oxygen atoms in total. The van der Waals surface area contributed by atoms with Crippen LogP contribution in [0.15, 0.2) is 65.6 Å². The summed E-state index contributed by atoms with van der Waals surface area (Å²) in [5.41, 5.74) is 4.07. The van der Waals surface area contributed by atoms with E-state index in [0.717, 1.165) is 23.1 Å². The number of aryl methyl sites for hydroxylation is 1. The van der Waals surface area contributed by atoms with Crippen LogP contribution in [0.4, 0.5) is 0 Å². The van der Waals surface area contributed by atoms with Crippen molar-refractivity contribution < 1.29 is 27.8 Å². The summed E-state index contributed by atoms with van der Waals surface area (Å²) in [6, 6.07) is 20.0. The summed E-state index contributed by atoms with van der Waals surface area (Å²) in [6.07, 6.45) is 1.82. The number of fused-ring (bicyclic) bond motifs is 1. The lowest BCUT2D eigenvalue weighted by Gasteiger charge is -2.32. The first-order valence-corrected chi connectivity index (χ1v) is 15.6. The topological polar surface area (TPSA) is 114 Å². The highest BCUT2D eigenvalue weighted by molar-refractivity contribution is 7.91. The van der Waals surface area contributed by atoms with Gasteiger partial charge < -0.3 is 14.6 Å². The van der Waals surface area contributed by atoms with Gasteiger partial charge in [0, 0.05) is 11.5 Å². The Morgan fingerprint density at radius 3 is 2.61 bits per heavy atom. The number of hydrogen-bond acceptors (Lipinski definition) is 6. The molecule has 41 heavy (non-hydrogen) atoms. The number of benzene rings is 3. The van der Waals surface area contributed by atoms with Gasteiger partial charge >= 0.3 is 5.97 Å². The van der Waals surface area contributed by atoms with Crippen LogP contribution in [0.25, 0.3) is 0 Å². The van der Waals surface area contributed by atoms with E-state index >= 15 is 0 Å². The summed E-state index contributed by atoms with van der Waals surface area (Å²) >= 11 is 0. The summed E-state index contributed by atoms with van der Waals surface area (Å²) < 4.78 is 38.6. The zero-order valence-corrected chi connectivity index (χ0v) is 24.8. The minimum atomic E-state index is -3.54. The van der Waals surface area contributed by atoms with Crippen molar-refractivity contribution in [3.63, 3.8) is 0 Å². The van der Waals surface area contributed by atoms with Crippen molar-refractivity contribution in [1.82, 2.24) is 0 Å². The fourth-order valence-electron chi connectivity index (χ4n) is 5.75. The molecule has 4 unspecified atom stereocenters. The second-order valence-electron chi connectivity index (χ2n) is 11.0. The molecule has 8 heteroatoms. The summed E-state index contributed by atoms with van der Waals surface area (Å²) in [5, 5.41) is 19.1. The number of methoxy groups -OCH3 is 1. The molecule has 3 aromatic rings. The maximum Gasteiger partial charge on any atom is 0.304 e. The van der Waals surface area contributed by atoms with Crippen LogP contribution in [0.2, 0.25) is 0 Å². The normalized spacial score (nSPS) is 19.4. The third-order valence-electron chi connectivity index (χ3n) is 8.17. The molecule has 0 aliphatic carbocycles. The molecule has 216 valence electrons. The Labute approximate surface area is 242 Å². The van der Waals surface area contributed by atoms with Crippen LogP contribution in [0.3, 0.4) is 0 Å². The van der Waals surface area contributed by atoms with Gasteiger partial charge in [-0.05, 0) is 79.0 Å². The van der Waals surface area contributed by atoms with E-state index in [1.54, 1.807) is 42.5 Å². The Morgan fingerprint density at radius 1 is 1.17 bits per heavy atom. The first-order valence-electron chi connectivity index (χ1n) is 13.9. The summed E-state index contributed by atoms with van der Waals surface area (Å²) in [7, 11) is -2.03. The molecule has 4 atom stereocenters. The van der Waals surface area contributed by atoms with Crippen LogP contribution in [0, 0.1) is 30.1 Å². The second-order valence-corrected chi connectivity index (χ2v) is 13.0. The van der Waals surface area contributed by atoms with Crippen LogP contribution < -0.4 is 9.47 Å². The zero-order valence-electron chi connectivity index (χ0n) is 24.0. The second kappa shape index (κ2) is 12.8. The molecule has 0 spiro atoms. The lowest BCUT2D eigenvalue weighted by molar-refractivity contribution is -0.137. The number of sulfone groups is 1. The lowest BCUT2D eigenvalue weighted by atomic mass is 9.81. The van der Waals surface area contributed by atoms with E-state index in [0.29, 0.717) is 35.5 Å². The molecule has 0 radical (unpaired) electrons. The number of carboxylic acid groups (broad SMARTS) is 1. The molecule has 1 heterocycles. The average Bonchev–Trinajstić information content (AvgIpc) is 2.95. The fourth-order valence-corrected chi connectivity index (χ4v) is 7.66. The average molecular weight is 576 g/mol. The number of carbonyl (C=O) groups is 1. The highest BCUT2D eigenvalue weighted by Gasteiger charge is 2.33. The molecule has 0 bridgehead atoms. The van der Waals surface area contributed by atoms with Crippen LogP contribution >= 0.6 is 0 Å². The predicted molar refractivity (Wildman–Crippen MR) is 157 cm³/mol. The van der Waals surface area contributed by atoms with Gasteiger partial charge in [-0.2, -0.15) is 5.26 Å². The quantitative estimate of drug-likeness (QED) is 0.318. The van der Waals surface area contributed by atoms with Crippen molar-refractivity contribution in [2.75, 3.05) is 12.9 Å². The van der Waals surface area contributed by atoms with E-state index in [9.17, 15) is 23.6 Å². The van der Waals surface area contributed by atoms with E-state index in [1.807, 2.05) is 25.1 Å². The Hall–Kier alpha value is -3.83. The lowest BCUT2D eigenvalue weighted by Crippen LogP contribution is -2.32. The predicted octanol–water partition coefficient (Wildman–Crippen LogP) is 6.31. The van der Waals surface area contributed by atoms with Crippen molar-refractivity contribution in [3.05, 3.63) is 88.5 Å². The summed E-state index contributed by atoms with van der Waals surface area (Å²) in [5.74, 6) is -0.566. The van der Waals surface area contributed by atoms with E-state index in [2.05, 4.69) is 19.9 Å². The fraction of sp³-hybridized carbons (Fsp3) is 0.394. The van der Waals surface area contributed by atoms with Crippen LogP contribution in [-0.4, -0.2) is 38.5 Å². The Kier molecular flexibility index (Phi) is 9.39. The zero-order chi connectivity index (χ0) is 29.7. The summed E-state index contributed by atoms with van der Waals surface area (Å²) in [4.78, 5) is 12.2. The van der Waals surface area contributed by atoms with E-state index in [1.165, 1.54) is 7.11 Å². The molecule has 0 fully saturated rings. The minimum absolute atomic E-state index is 0.0315. The monoisotopic (exact) mass is 575 g/mol. The molecule has 1 aliphatic heterocycles. The maximum atomic E-state index is 13.4. The van der Waals surface area contributed by atoms with Gasteiger partial charge in [0.2, 0.25) is 0 Å². The molecule has 1 aliphatic rings. The molecule has 0 aromatic heterocycles. The Bertz CT molecular complexity index is 1560. The molecular weight excluding hydrogens is 538 g/mol. The first-order chi connectivity index (χ1) is 19.6. The molecular formula is C33H37NO6S. The Morgan fingerprint density at radius 2 is 1.93 bits per heavy atom. The van der Waals surface area contributed by atoms with Gasteiger partial charge in [0.1, 0.15) is 16.4 Å². The van der Waals surface area contributed by atoms with E-state index in [-0.39, 0.29) is 35.0 Å². The number of nitrogens with zero attached hydrogens (tertiary/aromatic N) is 1. The maximum absolute atomic E-state index is 13.4. The van der Waals surface area contributed by atoms with E-state index < -0.39 is 21.7 Å². The van der Waals surface area contributed by atoms with E-state index in [4.69, 9.17) is 9.47 Å². The van der Waals surface area contributed by atoms with Gasteiger partial charge in [-0.15, -0.1) is 0 Å². The minimum Gasteiger partial charge on any atom is -0.496 e. The molecule has 3 aromatic carbocycles. The van der Waals surface area contributed by atoms with Gasteiger partial charge in [-0.25, -0.2) is 8.42 Å². The standard InChI is InChI=1S/C33H37NO6S/c1-5-27-17-26(20-41(37,38)32-9-7-6-8-30(32)40-27)22(3)14-25-16-24(12-10-21(25)2)29(18-33(35)36)28-13-11-23(19-34)15-31(28)39-4/h6-13,15-16,22,26-27,29H,5,14,17-18,20H2,1-4H3,(H,35,36). The van der Waals surface area contributed by atoms with Gasteiger partial charge in [0.05, 0.1) is 37.0 Å². The van der Waals surface area contributed by atoms with Crippen molar-refractivity contribution in [1.29, 1.82) is 5.26 Å². The first kappa shape index (κ1) is 30.1. The third-order valence-corrected chi connectivity index (χ3v) is 10.0. The van der Waals surface area contributed by atoms with Crippen molar-refractivity contribution in [2.45, 2.75) is 63.4 Å². The smallest absolute Gasteiger partial charge is 0.304 e. The number of carboxylic acids is 1. The number of ether oxygens (including phenoxy) is 2. The van der Waals surface area contributed by atoms with Gasteiger partial charge in [0.15, 0.2) is 9.84 Å². The van der Waals surface area contributed by atoms with Crippen molar-refractivity contribution in [3.8, 4) is 17.6 Å². The van der Waals surface area contributed by atoms with Gasteiger partial charge in [-0.1, -0.05) is 50.2 Å².